The highest BCUT2D eigenvalue weighted by molar-refractivity contribution is 7.17. The van der Waals surface area contributed by atoms with Gasteiger partial charge < -0.3 is 9.47 Å². The van der Waals surface area contributed by atoms with Crippen molar-refractivity contribution in [3.63, 3.8) is 0 Å². The van der Waals surface area contributed by atoms with Gasteiger partial charge in [-0.1, -0.05) is 45.0 Å². The molecule has 6 heteroatoms. The zero-order chi connectivity index (χ0) is 22.9. The molecule has 2 heterocycles. The first-order valence-electron chi connectivity index (χ1n) is 10.6. The maximum atomic E-state index is 13.4. The molecule has 0 saturated carbocycles. The third-order valence-corrected chi connectivity index (χ3v) is 6.46. The van der Waals surface area contributed by atoms with Crippen molar-refractivity contribution in [1.82, 2.24) is 9.55 Å². The molecule has 0 aliphatic carbocycles. The van der Waals surface area contributed by atoms with Gasteiger partial charge in [-0.15, -0.1) is 11.3 Å². The number of rotatable bonds is 6. The molecule has 0 unspecified atom stereocenters. The van der Waals surface area contributed by atoms with Gasteiger partial charge in [0, 0.05) is 10.9 Å². The minimum Gasteiger partial charge on any atom is -0.497 e. The van der Waals surface area contributed by atoms with Gasteiger partial charge in [0.2, 0.25) is 0 Å². The van der Waals surface area contributed by atoms with Crippen LogP contribution < -0.4 is 15.0 Å². The number of methoxy groups -OCH3 is 1. The maximum absolute atomic E-state index is 13.4. The molecular weight excluding hydrogens is 420 g/mol. The highest BCUT2D eigenvalue weighted by Gasteiger charge is 2.16. The molecule has 2 aromatic heterocycles. The average molecular weight is 449 g/mol. The highest BCUT2D eigenvalue weighted by Crippen LogP contribution is 2.32. The van der Waals surface area contributed by atoms with Crippen molar-refractivity contribution in [2.24, 2.45) is 0 Å². The molecule has 0 spiro atoms. The maximum Gasteiger partial charge on any atom is 0.263 e. The smallest absolute Gasteiger partial charge is 0.263 e. The van der Waals surface area contributed by atoms with Crippen molar-refractivity contribution in [1.29, 1.82) is 0 Å². The first-order valence-corrected chi connectivity index (χ1v) is 11.5. The van der Waals surface area contributed by atoms with E-state index in [1.54, 1.807) is 11.7 Å². The van der Waals surface area contributed by atoms with E-state index in [2.05, 4.69) is 37.9 Å². The number of thiophene rings is 1. The van der Waals surface area contributed by atoms with Crippen LogP contribution >= 0.6 is 11.3 Å². The first-order chi connectivity index (χ1) is 15.3. The molecule has 166 valence electrons. The average Bonchev–Trinajstić information content (AvgIpc) is 3.19. The van der Waals surface area contributed by atoms with Crippen LogP contribution in [0, 0.1) is 6.92 Å². The molecule has 0 bridgehead atoms. The van der Waals surface area contributed by atoms with Crippen LogP contribution in [0.15, 0.2) is 58.7 Å². The van der Waals surface area contributed by atoms with E-state index in [9.17, 15) is 4.79 Å². The van der Waals surface area contributed by atoms with Gasteiger partial charge in [-0.3, -0.25) is 9.36 Å². The van der Waals surface area contributed by atoms with Crippen molar-refractivity contribution in [2.45, 2.75) is 39.7 Å². The van der Waals surface area contributed by atoms with Crippen molar-refractivity contribution in [3.05, 3.63) is 75.7 Å². The zero-order valence-electron chi connectivity index (χ0n) is 19.1. The predicted molar refractivity (Wildman–Crippen MR) is 131 cm³/mol. The van der Waals surface area contributed by atoms with Gasteiger partial charge in [0.1, 0.15) is 28.8 Å². The van der Waals surface area contributed by atoms with Crippen molar-refractivity contribution in [2.75, 3.05) is 13.7 Å². The lowest BCUT2D eigenvalue weighted by Crippen LogP contribution is -2.26. The Morgan fingerprint density at radius 1 is 1.00 bits per heavy atom. The molecule has 0 N–H and O–H groups in total. The van der Waals surface area contributed by atoms with Crippen LogP contribution in [0.5, 0.6) is 11.5 Å². The molecule has 4 aromatic rings. The Kier molecular flexibility index (Phi) is 6.07. The van der Waals surface area contributed by atoms with Crippen LogP contribution in [0.1, 0.15) is 32.2 Å². The normalized spacial score (nSPS) is 11.7. The Hall–Kier alpha value is -3.12. The molecular formula is C26H28N2O3S. The van der Waals surface area contributed by atoms with Crippen molar-refractivity contribution >= 4 is 21.6 Å². The van der Waals surface area contributed by atoms with Crippen LogP contribution in [0.2, 0.25) is 0 Å². The summed E-state index contributed by atoms with van der Waals surface area (Å²) in [4.78, 5) is 18.8. The van der Waals surface area contributed by atoms with Gasteiger partial charge in [0.15, 0.2) is 0 Å². The summed E-state index contributed by atoms with van der Waals surface area (Å²) >= 11 is 1.49. The number of aryl methyl sites for hydroxylation is 1. The Balaban J connectivity index is 1.57. The standard InChI is InChI=1S/C26H28N2O3S/c1-17-27-24-23(22(16-32-24)18-6-10-20(30-5)11-7-18)25(29)28(17)14-15-31-21-12-8-19(9-13-21)26(2,3)4/h6-13,16H,14-15H2,1-5H3. The molecule has 0 aliphatic heterocycles. The fourth-order valence-electron chi connectivity index (χ4n) is 3.68. The van der Waals surface area contributed by atoms with E-state index < -0.39 is 0 Å². The number of hydrogen-bond donors (Lipinski definition) is 0. The summed E-state index contributed by atoms with van der Waals surface area (Å²) in [5.74, 6) is 2.27. The first kappa shape index (κ1) is 22.1. The van der Waals surface area contributed by atoms with E-state index >= 15 is 0 Å². The highest BCUT2D eigenvalue weighted by atomic mass is 32.1. The second kappa shape index (κ2) is 8.79. The SMILES string of the molecule is COc1ccc(-c2csc3nc(C)n(CCOc4ccc(C(C)(C)C)cc4)c(=O)c23)cc1. The predicted octanol–water partition coefficient (Wildman–Crippen LogP) is 5.82. The summed E-state index contributed by atoms with van der Waals surface area (Å²) < 4.78 is 12.9. The molecule has 0 saturated heterocycles. The van der Waals surface area contributed by atoms with E-state index in [1.165, 1.54) is 16.9 Å². The van der Waals surface area contributed by atoms with Crippen molar-refractivity contribution < 1.29 is 9.47 Å². The Labute approximate surface area is 192 Å². The van der Waals surface area contributed by atoms with Gasteiger partial charge in [-0.25, -0.2) is 4.98 Å². The number of aromatic nitrogens is 2. The van der Waals surface area contributed by atoms with Crippen LogP contribution in [0.25, 0.3) is 21.3 Å². The molecule has 0 aliphatic rings. The van der Waals surface area contributed by atoms with E-state index in [1.807, 2.05) is 48.7 Å². The lowest BCUT2D eigenvalue weighted by Gasteiger charge is -2.19. The second-order valence-corrected chi connectivity index (χ2v) is 9.65. The lowest BCUT2D eigenvalue weighted by atomic mass is 9.87. The third-order valence-electron chi connectivity index (χ3n) is 5.59. The minimum absolute atomic E-state index is 0.0359. The summed E-state index contributed by atoms with van der Waals surface area (Å²) in [6.45, 7) is 9.26. The fourth-order valence-corrected chi connectivity index (χ4v) is 4.66. The molecule has 5 nitrogen and oxygen atoms in total. The van der Waals surface area contributed by atoms with Gasteiger partial charge in [-0.05, 0) is 47.7 Å². The van der Waals surface area contributed by atoms with Crippen LogP contribution in [0.4, 0.5) is 0 Å². The minimum atomic E-state index is -0.0359. The molecule has 0 atom stereocenters. The largest absolute Gasteiger partial charge is 0.497 e. The number of ether oxygens (including phenoxy) is 2. The number of benzene rings is 2. The van der Waals surface area contributed by atoms with Crippen molar-refractivity contribution in [3.8, 4) is 22.6 Å². The van der Waals surface area contributed by atoms with Gasteiger partial charge in [-0.2, -0.15) is 0 Å². The van der Waals surface area contributed by atoms with E-state index in [0.29, 0.717) is 24.4 Å². The molecule has 32 heavy (non-hydrogen) atoms. The summed E-state index contributed by atoms with van der Waals surface area (Å²) in [6.07, 6.45) is 0. The quantitative estimate of drug-likeness (QED) is 0.373. The number of fused-ring (bicyclic) bond motifs is 1. The van der Waals surface area contributed by atoms with E-state index in [-0.39, 0.29) is 11.0 Å². The topological polar surface area (TPSA) is 53.4 Å². The zero-order valence-corrected chi connectivity index (χ0v) is 20.0. The lowest BCUT2D eigenvalue weighted by molar-refractivity contribution is 0.294. The van der Waals surface area contributed by atoms with Gasteiger partial charge in [0.05, 0.1) is 19.0 Å². The van der Waals surface area contributed by atoms with Crippen LogP contribution in [-0.2, 0) is 12.0 Å². The van der Waals surface area contributed by atoms with Gasteiger partial charge in [0.25, 0.3) is 5.56 Å². The monoisotopic (exact) mass is 448 g/mol. The molecule has 0 amide bonds. The van der Waals surface area contributed by atoms with Crippen LogP contribution in [0.3, 0.4) is 0 Å². The number of hydrogen-bond acceptors (Lipinski definition) is 5. The Morgan fingerprint density at radius 2 is 1.66 bits per heavy atom. The molecule has 0 fully saturated rings. The number of nitrogens with zero attached hydrogens (tertiary/aromatic N) is 2. The third kappa shape index (κ3) is 4.41. The second-order valence-electron chi connectivity index (χ2n) is 8.80. The molecule has 0 radical (unpaired) electrons. The summed E-state index contributed by atoms with van der Waals surface area (Å²) in [6, 6.07) is 15.9. The Bertz CT molecular complexity index is 1280. The van der Waals surface area contributed by atoms with E-state index in [4.69, 9.17) is 9.47 Å². The Morgan fingerprint density at radius 3 is 2.28 bits per heavy atom. The van der Waals surface area contributed by atoms with Crippen LogP contribution in [-0.4, -0.2) is 23.3 Å². The summed E-state index contributed by atoms with van der Waals surface area (Å²) in [7, 11) is 1.64. The molecule has 2 aromatic carbocycles. The van der Waals surface area contributed by atoms with E-state index in [0.717, 1.165) is 27.5 Å². The summed E-state index contributed by atoms with van der Waals surface area (Å²) in [5.41, 5.74) is 3.20. The fraction of sp³-hybridized carbons (Fsp3) is 0.308. The molecule has 4 rings (SSSR count). The van der Waals surface area contributed by atoms with Gasteiger partial charge >= 0.3 is 0 Å². The summed E-state index contributed by atoms with van der Waals surface area (Å²) in [5, 5.41) is 2.65.